The van der Waals surface area contributed by atoms with E-state index in [0.717, 1.165) is 19.3 Å². The predicted octanol–water partition coefficient (Wildman–Crippen LogP) is 7.26. The van der Waals surface area contributed by atoms with Gasteiger partial charge in [0.1, 0.15) is 0 Å². The third-order valence-electron chi connectivity index (χ3n) is 5.18. The van der Waals surface area contributed by atoms with Crippen LogP contribution < -0.4 is 0 Å². The molecule has 138 valence electrons. The van der Waals surface area contributed by atoms with E-state index in [1.165, 1.54) is 58.3 Å². The summed E-state index contributed by atoms with van der Waals surface area (Å²) in [6.07, 6.45) is 14.7. The van der Waals surface area contributed by atoms with Gasteiger partial charge in [-0.15, -0.1) is 0 Å². The van der Waals surface area contributed by atoms with Crippen LogP contribution in [0.15, 0.2) is 10.2 Å². The molecule has 0 rings (SSSR count). The Balaban J connectivity index is 4.88. The molecule has 1 atom stereocenters. The summed E-state index contributed by atoms with van der Waals surface area (Å²) in [5.74, 6) is 0. The number of hydrogen-bond donors (Lipinski definition) is 1. The summed E-state index contributed by atoms with van der Waals surface area (Å²) in [4.78, 5) is 0. The molecule has 1 nitrogen and oxygen atoms in total. The Morgan fingerprint density at radius 3 is 1.61 bits per heavy atom. The molecule has 0 spiro atoms. The maximum atomic E-state index is 10.5. The molecule has 0 heterocycles. The molecular weight excluding hydrogens is 387 g/mol. The molecule has 0 aromatic heterocycles. The number of hydrogen-bond acceptors (Lipinski definition) is 1. The number of aliphatic hydroxyl groups is 1. The Hall–Kier alpha value is 0.499. The second-order valence-electron chi connectivity index (χ2n) is 7.88. The molecular formula is C21H44OSn. The first-order chi connectivity index (χ1) is 10.9. The summed E-state index contributed by atoms with van der Waals surface area (Å²) in [5, 5.41) is 10.5. The molecule has 0 aliphatic heterocycles. The SMILES string of the molecule is CCCC[C@](C)(O)CC=[CH][Sn]([CH2]CCC)([CH2]CCC)[CH2]CCC. The number of rotatable bonds is 15. The summed E-state index contributed by atoms with van der Waals surface area (Å²) in [6.45, 7) is 11.2. The fraction of sp³-hybridized carbons (Fsp3) is 0.905. The van der Waals surface area contributed by atoms with Gasteiger partial charge in [-0.1, -0.05) is 0 Å². The topological polar surface area (TPSA) is 20.2 Å². The van der Waals surface area contributed by atoms with Gasteiger partial charge in [-0.2, -0.15) is 0 Å². The van der Waals surface area contributed by atoms with Crippen molar-refractivity contribution in [1.29, 1.82) is 0 Å². The Kier molecular flexibility index (Phi) is 14.0. The molecule has 0 unspecified atom stereocenters. The van der Waals surface area contributed by atoms with Crippen molar-refractivity contribution in [1.82, 2.24) is 0 Å². The van der Waals surface area contributed by atoms with Gasteiger partial charge in [0.25, 0.3) is 0 Å². The van der Waals surface area contributed by atoms with Gasteiger partial charge in [0.05, 0.1) is 0 Å². The van der Waals surface area contributed by atoms with Crippen molar-refractivity contribution in [2.45, 2.75) is 118 Å². The fourth-order valence-electron chi connectivity index (χ4n) is 3.43. The summed E-state index contributed by atoms with van der Waals surface area (Å²) in [7, 11) is 0. The van der Waals surface area contributed by atoms with E-state index in [2.05, 4.69) is 37.9 Å². The van der Waals surface area contributed by atoms with Crippen molar-refractivity contribution in [2.75, 3.05) is 0 Å². The minimum absolute atomic E-state index is 0.496. The van der Waals surface area contributed by atoms with E-state index >= 15 is 0 Å². The van der Waals surface area contributed by atoms with Crippen LogP contribution in [0.4, 0.5) is 0 Å². The third-order valence-corrected chi connectivity index (χ3v) is 19.4. The van der Waals surface area contributed by atoms with Crippen LogP contribution in [0, 0.1) is 0 Å². The third kappa shape index (κ3) is 11.6. The summed E-state index contributed by atoms with van der Waals surface area (Å²) in [5.41, 5.74) is -0.496. The van der Waals surface area contributed by atoms with E-state index in [1.807, 2.05) is 6.92 Å². The van der Waals surface area contributed by atoms with Crippen LogP contribution in [0.25, 0.3) is 0 Å². The predicted molar refractivity (Wildman–Crippen MR) is 109 cm³/mol. The second kappa shape index (κ2) is 13.8. The van der Waals surface area contributed by atoms with Crippen LogP contribution in [0.3, 0.4) is 0 Å². The Bertz CT molecular complexity index is 274. The van der Waals surface area contributed by atoms with E-state index in [9.17, 15) is 5.11 Å². The molecule has 0 aliphatic rings. The molecule has 0 saturated heterocycles. The van der Waals surface area contributed by atoms with Crippen molar-refractivity contribution in [3.8, 4) is 0 Å². The van der Waals surface area contributed by atoms with Crippen LogP contribution in [0.1, 0.15) is 98.8 Å². The normalized spacial score (nSPS) is 15.2. The van der Waals surface area contributed by atoms with Crippen LogP contribution in [0.5, 0.6) is 0 Å². The van der Waals surface area contributed by atoms with Crippen molar-refractivity contribution < 1.29 is 5.11 Å². The molecule has 0 fully saturated rings. The second-order valence-corrected chi connectivity index (χ2v) is 20.9. The van der Waals surface area contributed by atoms with Gasteiger partial charge in [0, 0.05) is 0 Å². The van der Waals surface area contributed by atoms with E-state index < -0.39 is 24.0 Å². The first-order valence-corrected chi connectivity index (χ1v) is 18.1. The van der Waals surface area contributed by atoms with Crippen molar-refractivity contribution in [2.24, 2.45) is 0 Å². The quantitative estimate of drug-likeness (QED) is 0.271. The maximum absolute atomic E-state index is 10.5. The Morgan fingerprint density at radius 2 is 1.22 bits per heavy atom. The molecule has 0 aliphatic carbocycles. The van der Waals surface area contributed by atoms with Crippen molar-refractivity contribution in [3.05, 3.63) is 10.2 Å². The molecule has 0 aromatic rings. The standard InChI is InChI=1S/C9H17O.3C4H9.Sn/c1-4-6-8-9(3,10)7-5-2;3*1-3-4-2;/h2,5,10H,4,6-8H2,1,3H3;3*1,3-4H2,2H3;/t9-;;;;/m1..../s1. The Morgan fingerprint density at radius 1 is 0.783 bits per heavy atom. The molecule has 0 bridgehead atoms. The van der Waals surface area contributed by atoms with Crippen molar-refractivity contribution >= 4 is 18.4 Å². The summed E-state index contributed by atoms with van der Waals surface area (Å²) < 4.78 is 7.28. The van der Waals surface area contributed by atoms with E-state index in [4.69, 9.17) is 0 Å². The first-order valence-electron chi connectivity index (χ1n) is 10.4. The molecule has 0 aromatic carbocycles. The summed E-state index contributed by atoms with van der Waals surface area (Å²) >= 11 is -2.13. The zero-order valence-electron chi connectivity index (χ0n) is 16.8. The van der Waals surface area contributed by atoms with Gasteiger partial charge in [-0.3, -0.25) is 0 Å². The zero-order valence-corrected chi connectivity index (χ0v) is 19.6. The van der Waals surface area contributed by atoms with Gasteiger partial charge < -0.3 is 0 Å². The van der Waals surface area contributed by atoms with Crippen LogP contribution in [-0.4, -0.2) is 29.1 Å². The van der Waals surface area contributed by atoms with Gasteiger partial charge in [-0.25, -0.2) is 0 Å². The minimum atomic E-state index is -2.13. The summed E-state index contributed by atoms with van der Waals surface area (Å²) in [6, 6.07) is 0. The van der Waals surface area contributed by atoms with E-state index in [1.54, 1.807) is 0 Å². The van der Waals surface area contributed by atoms with Gasteiger partial charge >= 0.3 is 151 Å². The molecule has 0 radical (unpaired) electrons. The molecule has 2 heteroatoms. The monoisotopic (exact) mass is 432 g/mol. The van der Waals surface area contributed by atoms with Crippen LogP contribution in [0.2, 0.25) is 13.3 Å². The Labute approximate surface area is 151 Å². The first kappa shape index (κ1) is 23.5. The molecule has 23 heavy (non-hydrogen) atoms. The average Bonchev–Trinajstić information content (AvgIpc) is 2.54. The molecule has 1 N–H and O–H groups in total. The molecule has 0 amide bonds. The van der Waals surface area contributed by atoms with Crippen LogP contribution >= 0.6 is 0 Å². The van der Waals surface area contributed by atoms with Gasteiger partial charge in [0.2, 0.25) is 0 Å². The van der Waals surface area contributed by atoms with Gasteiger partial charge in [-0.05, 0) is 0 Å². The average molecular weight is 431 g/mol. The van der Waals surface area contributed by atoms with Gasteiger partial charge in [0.15, 0.2) is 0 Å². The zero-order chi connectivity index (χ0) is 17.6. The van der Waals surface area contributed by atoms with E-state index in [0.29, 0.717) is 0 Å². The van der Waals surface area contributed by atoms with E-state index in [-0.39, 0.29) is 0 Å². The fourth-order valence-corrected chi connectivity index (χ4v) is 17.8. The molecule has 0 saturated carbocycles. The van der Waals surface area contributed by atoms with Crippen molar-refractivity contribution in [3.63, 3.8) is 0 Å². The number of unbranched alkanes of at least 4 members (excludes halogenated alkanes) is 4. The van der Waals surface area contributed by atoms with Crippen LogP contribution in [-0.2, 0) is 0 Å².